The zero-order valence-electron chi connectivity index (χ0n) is 12.5. The number of methoxy groups -OCH3 is 2. The van der Waals surface area contributed by atoms with E-state index in [1.807, 2.05) is 0 Å². The summed E-state index contributed by atoms with van der Waals surface area (Å²) in [5.41, 5.74) is 0.336. The number of Topliss-reactive ketones (excluding diaryl/α,β-unsaturated/α-hetero) is 1. The van der Waals surface area contributed by atoms with Gasteiger partial charge in [-0.05, 0) is 11.3 Å². The molecule has 1 rings (SSSR count). The lowest BCUT2D eigenvalue weighted by molar-refractivity contribution is 0.0918. The van der Waals surface area contributed by atoms with Crippen molar-refractivity contribution in [2.45, 2.75) is 34.1 Å². The van der Waals surface area contributed by atoms with Gasteiger partial charge in [0.15, 0.2) is 11.5 Å². The summed E-state index contributed by atoms with van der Waals surface area (Å²) in [6, 6.07) is 0. The first-order valence-corrected chi connectivity index (χ1v) is 6.27. The van der Waals surface area contributed by atoms with Gasteiger partial charge in [0.1, 0.15) is 0 Å². The summed E-state index contributed by atoms with van der Waals surface area (Å²) in [6.45, 7) is 8.40. The van der Waals surface area contributed by atoms with Gasteiger partial charge in [0.2, 0.25) is 11.8 Å². The molecule has 0 spiro atoms. The highest BCUT2D eigenvalue weighted by atomic mass is 16.5. The lowest BCUT2D eigenvalue weighted by Crippen LogP contribution is -2.21. The summed E-state index contributed by atoms with van der Waals surface area (Å²) in [4.78, 5) is 20.4. The second kappa shape index (κ2) is 5.99. The number of carbonyl (C=O) groups is 1. The molecule has 0 bridgehead atoms. The molecular weight excluding hydrogens is 244 g/mol. The fourth-order valence-electron chi connectivity index (χ4n) is 1.47. The van der Waals surface area contributed by atoms with Crippen molar-refractivity contribution in [2.24, 2.45) is 11.3 Å². The second-order valence-electron chi connectivity index (χ2n) is 5.66. The third-order valence-electron chi connectivity index (χ3n) is 3.35. The maximum Gasteiger partial charge on any atom is 0.246 e. The molecular formula is C14H22N2O3. The number of carbonyl (C=O) groups excluding carboxylic acids is 1. The van der Waals surface area contributed by atoms with E-state index in [0.717, 1.165) is 0 Å². The molecule has 1 aromatic rings. The summed E-state index contributed by atoms with van der Waals surface area (Å²) in [5.74, 6) is 0.728. The Morgan fingerprint density at radius 3 is 2.42 bits per heavy atom. The monoisotopic (exact) mass is 266 g/mol. The highest BCUT2D eigenvalue weighted by Gasteiger charge is 2.25. The summed E-state index contributed by atoms with van der Waals surface area (Å²) in [6.07, 6.45) is 1.85. The molecule has 1 heterocycles. The van der Waals surface area contributed by atoms with Crippen LogP contribution < -0.4 is 9.47 Å². The minimum atomic E-state index is -0.0607. The van der Waals surface area contributed by atoms with Crippen LogP contribution in [0.5, 0.6) is 11.8 Å². The molecule has 0 amide bonds. The third kappa shape index (κ3) is 3.91. The smallest absolute Gasteiger partial charge is 0.246 e. The van der Waals surface area contributed by atoms with E-state index in [2.05, 4.69) is 37.7 Å². The van der Waals surface area contributed by atoms with Crippen molar-refractivity contribution in [1.29, 1.82) is 0 Å². The van der Waals surface area contributed by atoms with Gasteiger partial charge in [0.25, 0.3) is 0 Å². The number of hydrogen-bond acceptors (Lipinski definition) is 5. The van der Waals surface area contributed by atoms with E-state index in [1.165, 1.54) is 20.4 Å². The van der Waals surface area contributed by atoms with Gasteiger partial charge in [-0.2, -0.15) is 4.98 Å². The summed E-state index contributed by atoms with van der Waals surface area (Å²) in [7, 11) is 2.96. The Kier molecular flexibility index (Phi) is 4.86. The van der Waals surface area contributed by atoms with Crippen LogP contribution in [-0.4, -0.2) is 30.0 Å². The molecule has 0 aliphatic rings. The van der Waals surface area contributed by atoms with Gasteiger partial charge in [-0.1, -0.05) is 27.7 Å². The van der Waals surface area contributed by atoms with E-state index in [-0.39, 0.29) is 28.7 Å². The van der Waals surface area contributed by atoms with Crippen molar-refractivity contribution in [1.82, 2.24) is 9.97 Å². The van der Waals surface area contributed by atoms with Crippen LogP contribution in [0.4, 0.5) is 0 Å². The standard InChI is InChI=1S/C14H22N2O3/c1-9(14(2,3)4)7-10(17)12-13(19-6)16-11(18-5)8-15-12/h8-9H,7H2,1-6H3. The molecule has 0 radical (unpaired) electrons. The number of ether oxygens (including phenoxy) is 2. The van der Waals surface area contributed by atoms with Crippen LogP contribution in [0.1, 0.15) is 44.6 Å². The predicted octanol–water partition coefficient (Wildman–Crippen LogP) is 2.75. The van der Waals surface area contributed by atoms with Crippen molar-refractivity contribution in [3.63, 3.8) is 0 Å². The fraction of sp³-hybridized carbons (Fsp3) is 0.643. The fourth-order valence-corrected chi connectivity index (χ4v) is 1.47. The van der Waals surface area contributed by atoms with Crippen molar-refractivity contribution in [3.05, 3.63) is 11.9 Å². The van der Waals surface area contributed by atoms with Crippen molar-refractivity contribution >= 4 is 5.78 Å². The molecule has 0 N–H and O–H groups in total. The summed E-state index contributed by atoms with van der Waals surface area (Å²) in [5, 5.41) is 0. The summed E-state index contributed by atoms with van der Waals surface area (Å²) < 4.78 is 10.1. The molecule has 5 heteroatoms. The van der Waals surface area contributed by atoms with E-state index in [9.17, 15) is 4.79 Å². The lowest BCUT2D eigenvalue weighted by Gasteiger charge is -2.26. The highest BCUT2D eigenvalue weighted by Crippen LogP contribution is 2.30. The number of aromatic nitrogens is 2. The molecule has 1 unspecified atom stereocenters. The molecule has 0 aliphatic carbocycles. The van der Waals surface area contributed by atoms with Crippen LogP contribution in [0, 0.1) is 11.3 Å². The van der Waals surface area contributed by atoms with Crippen molar-refractivity contribution < 1.29 is 14.3 Å². The molecule has 1 atom stereocenters. The average Bonchev–Trinajstić information content (AvgIpc) is 2.36. The first-order chi connectivity index (χ1) is 8.79. The molecule has 0 fully saturated rings. The molecule has 0 saturated heterocycles. The van der Waals surface area contributed by atoms with Crippen LogP contribution in [0.2, 0.25) is 0 Å². The molecule has 0 aromatic carbocycles. The predicted molar refractivity (Wildman–Crippen MR) is 72.7 cm³/mol. The van der Waals surface area contributed by atoms with Gasteiger partial charge in [-0.3, -0.25) is 4.79 Å². The SMILES string of the molecule is COc1cnc(C(=O)CC(C)C(C)(C)C)c(OC)n1. The lowest BCUT2D eigenvalue weighted by atomic mass is 9.79. The molecule has 5 nitrogen and oxygen atoms in total. The van der Waals surface area contributed by atoms with Gasteiger partial charge in [-0.15, -0.1) is 0 Å². The van der Waals surface area contributed by atoms with Gasteiger partial charge in [0, 0.05) is 6.42 Å². The average molecular weight is 266 g/mol. The Morgan fingerprint density at radius 2 is 1.95 bits per heavy atom. The number of rotatable bonds is 5. The number of nitrogens with zero attached hydrogens (tertiary/aromatic N) is 2. The first-order valence-electron chi connectivity index (χ1n) is 6.27. The molecule has 0 aliphatic heterocycles. The van der Waals surface area contributed by atoms with Gasteiger partial charge in [0.05, 0.1) is 20.4 Å². The largest absolute Gasteiger partial charge is 0.480 e. The maximum atomic E-state index is 12.3. The van der Waals surface area contributed by atoms with Crippen molar-refractivity contribution in [2.75, 3.05) is 14.2 Å². The van der Waals surface area contributed by atoms with E-state index in [4.69, 9.17) is 9.47 Å². The molecule has 19 heavy (non-hydrogen) atoms. The maximum absolute atomic E-state index is 12.3. The Bertz CT molecular complexity index is 452. The molecule has 0 saturated carbocycles. The quantitative estimate of drug-likeness (QED) is 0.767. The van der Waals surface area contributed by atoms with E-state index >= 15 is 0 Å². The normalized spacial score (nSPS) is 12.9. The molecule has 106 valence electrons. The van der Waals surface area contributed by atoms with Crippen LogP contribution in [0.25, 0.3) is 0 Å². The van der Waals surface area contributed by atoms with Gasteiger partial charge >= 0.3 is 0 Å². The van der Waals surface area contributed by atoms with Crippen LogP contribution in [0.3, 0.4) is 0 Å². The van der Waals surface area contributed by atoms with E-state index < -0.39 is 0 Å². The summed E-state index contributed by atoms with van der Waals surface area (Å²) >= 11 is 0. The minimum Gasteiger partial charge on any atom is -0.480 e. The van der Waals surface area contributed by atoms with Gasteiger partial charge < -0.3 is 9.47 Å². The number of hydrogen-bond donors (Lipinski definition) is 0. The first kappa shape index (κ1) is 15.4. The Hall–Kier alpha value is -1.65. The third-order valence-corrected chi connectivity index (χ3v) is 3.35. The zero-order chi connectivity index (χ0) is 14.6. The van der Waals surface area contributed by atoms with E-state index in [1.54, 1.807) is 0 Å². The van der Waals surface area contributed by atoms with Crippen LogP contribution >= 0.6 is 0 Å². The zero-order valence-corrected chi connectivity index (χ0v) is 12.5. The topological polar surface area (TPSA) is 61.3 Å². The minimum absolute atomic E-state index is 0.0607. The van der Waals surface area contributed by atoms with Crippen molar-refractivity contribution in [3.8, 4) is 11.8 Å². The number of ketones is 1. The van der Waals surface area contributed by atoms with Crippen LogP contribution in [0.15, 0.2) is 6.20 Å². The molecule has 1 aromatic heterocycles. The van der Waals surface area contributed by atoms with Gasteiger partial charge in [-0.25, -0.2) is 4.98 Å². The van der Waals surface area contributed by atoms with E-state index in [0.29, 0.717) is 12.3 Å². The Labute approximate surface area is 114 Å². The highest BCUT2D eigenvalue weighted by molar-refractivity contribution is 5.96. The second-order valence-corrected chi connectivity index (χ2v) is 5.66. The van der Waals surface area contributed by atoms with Crippen LogP contribution in [-0.2, 0) is 0 Å². The Morgan fingerprint density at radius 1 is 1.32 bits per heavy atom. The Balaban J connectivity index is 2.94.